The first-order valence-corrected chi connectivity index (χ1v) is 13.1. The van der Waals surface area contributed by atoms with E-state index >= 15 is 0 Å². The summed E-state index contributed by atoms with van der Waals surface area (Å²) >= 11 is 0. The van der Waals surface area contributed by atoms with Crippen LogP contribution in [0.1, 0.15) is 78.1 Å². The van der Waals surface area contributed by atoms with Gasteiger partial charge in [-0.05, 0) is 41.9 Å². The topological polar surface area (TPSA) is 98.2 Å². The predicted octanol–water partition coefficient (Wildman–Crippen LogP) is 5.99. The number of likely N-dealkylation sites (tertiary alicyclic amines) is 1. The van der Waals surface area contributed by atoms with Gasteiger partial charge in [0, 0.05) is 17.7 Å². The van der Waals surface area contributed by atoms with E-state index in [9.17, 15) is 14.7 Å². The maximum atomic E-state index is 13.5. The Balaban J connectivity index is 2.14. The summed E-state index contributed by atoms with van der Waals surface area (Å²) in [6.45, 7) is 15.9. The van der Waals surface area contributed by atoms with Crippen molar-refractivity contribution in [3.63, 3.8) is 0 Å². The van der Waals surface area contributed by atoms with Gasteiger partial charge in [-0.2, -0.15) is 0 Å². The Bertz CT molecular complexity index is 1120. The molecule has 8 nitrogen and oxygen atoms in total. The van der Waals surface area contributed by atoms with E-state index in [2.05, 4.69) is 25.8 Å². The maximum absolute atomic E-state index is 13.5. The first-order chi connectivity index (χ1) is 17.7. The number of pyridine rings is 1. The molecule has 1 amide bonds. The summed E-state index contributed by atoms with van der Waals surface area (Å²) in [6, 6.07) is 9.62. The fourth-order valence-electron chi connectivity index (χ4n) is 5.19. The molecule has 0 saturated carbocycles. The lowest BCUT2D eigenvalue weighted by Gasteiger charge is -2.34. The number of carboxylic acids is 1. The first kappa shape index (κ1) is 29.4. The first-order valence-electron chi connectivity index (χ1n) is 13.1. The molecule has 0 aliphatic carbocycles. The summed E-state index contributed by atoms with van der Waals surface area (Å²) in [5, 5.41) is 10.4. The molecule has 4 atom stereocenters. The molecular weight excluding hydrogens is 484 g/mol. The second-order valence-electron chi connectivity index (χ2n) is 12.3. The molecule has 8 heteroatoms. The Morgan fingerprint density at radius 1 is 1.08 bits per heavy atom. The van der Waals surface area contributed by atoms with Crippen molar-refractivity contribution < 1.29 is 28.9 Å². The second kappa shape index (κ2) is 11.3. The van der Waals surface area contributed by atoms with E-state index < -0.39 is 47.7 Å². The van der Waals surface area contributed by atoms with Gasteiger partial charge in [-0.15, -0.1) is 0 Å². The van der Waals surface area contributed by atoms with Gasteiger partial charge in [0.15, 0.2) is 0 Å². The molecule has 1 fully saturated rings. The molecule has 2 aromatic rings. The number of carbonyl (C=O) groups excluding carboxylic acids is 1. The van der Waals surface area contributed by atoms with E-state index in [1.807, 2.05) is 57.2 Å². The quantitative estimate of drug-likeness (QED) is 0.473. The number of methoxy groups -OCH3 is 1. The van der Waals surface area contributed by atoms with E-state index in [0.717, 1.165) is 16.7 Å². The summed E-state index contributed by atoms with van der Waals surface area (Å²) < 4.78 is 17.7. The monoisotopic (exact) mass is 526 g/mol. The number of hydrogen-bond acceptors (Lipinski definition) is 6. The van der Waals surface area contributed by atoms with Crippen LogP contribution < -0.4 is 4.74 Å². The minimum Gasteiger partial charge on any atom is -0.481 e. The number of benzene rings is 1. The predicted molar refractivity (Wildman–Crippen MR) is 145 cm³/mol. The SMILES string of the molecule is COc1ncc(C(C)(C)C)cc1CO[C@H]1[C@H](C(C)(C)C)[C@@H](C(=O)O)N(C(=O)OC(C)C)[C@H]1c1ccccc1. The fourth-order valence-corrected chi connectivity index (χ4v) is 5.19. The number of aliphatic carboxylic acids is 1. The van der Waals surface area contributed by atoms with Gasteiger partial charge in [0.05, 0.1) is 32.0 Å². The van der Waals surface area contributed by atoms with Crippen molar-refractivity contribution in [2.75, 3.05) is 7.11 Å². The molecule has 1 aliphatic heterocycles. The summed E-state index contributed by atoms with van der Waals surface area (Å²) in [5.74, 6) is -1.17. The van der Waals surface area contributed by atoms with Gasteiger partial charge >= 0.3 is 12.1 Å². The van der Waals surface area contributed by atoms with Crippen molar-refractivity contribution in [3.05, 3.63) is 59.3 Å². The average Bonchev–Trinajstić information content (AvgIpc) is 3.18. The number of aromatic nitrogens is 1. The molecule has 0 spiro atoms. The lowest BCUT2D eigenvalue weighted by molar-refractivity contribution is -0.145. The normalized spacial score (nSPS) is 22.0. The van der Waals surface area contributed by atoms with E-state index in [0.29, 0.717) is 5.88 Å². The standard InChI is InChI=1S/C30H42N2O6/c1-18(2)38-28(35)32-23(19-13-11-10-12-14-19)25(22(30(6,7)8)24(32)27(33)34)37-17-20-15-21(29(3,4)5)16-31-26(20)36-9/h10-16,18,22-25H,17H2,1-9H3,(H,33,34)/t22-,23+,24+,25+/m1/s1. The zero-order chi connectivity index (χ0) is 28.4. The molecule has 3 rings (SSSR count). The van der Waals surface area contributed by atoms with Crippen LogP contribution in [0.4, 0.5) is 4.79 Å². The van der Waals surface area contributed by atoms with Crippen LogP contribution in [0.2, 0.25) is 0 Å². The molecule has 1 aromatic carbocycles. The zero-order valence-electron chi connectivity index (χ0n) is 24.0. The Kier molecular flexibility index (Phi) is 8.76. The highest BCUT2D eigenvalue weighted by Crippen LogP contribution is 2.50. The molecule has 0 radical (unpaired) electrons. The molecule has 1 aromatic heterocycles. The molecule has 38 heavy (non-hydrogen) atoms. The van der Waals surface area contributed by atoms with Crippen molar-refractivity contribution in [1.82, 2.24) is 9.88 Å². The fraction of sp³-hybridized carbons (Fsp3) is 0.567. The molecule has 1 saturated heterocycles. The molecule has 0 bridgehead atoms. The van der Waals surface area contributed by atoms with Crippen molar-refractivity contribution in [3.8, 4) is 5.88 Å². The number of carboxylic acid groups (broad SMARTS) is 1. The Hall–Kier alpha value is -3.13. The summed E-state index contributed by atoms with van der Waals surface area (Å²) in [6.07, 6.45) is 0.0842. The van der Waals surface area contributed by atoms with Gasteiger partial charge in [0.1, 0.15) is 6.04 Å². The van der Waals surface area contributed by atoms with E-state index in [4.69, 9.17) is 14.2 Å². The van der Waals surface area contributed by atoms with E-state index in [1.54, 1.807) is 27.2 Å². The van der Waals surface area contributed by atoms with Gasteiger partial charge in [-0.1, -0.05) is 71.9 Å². The van der Waals surface area contributed by atoms with Crippen LogP contribution >= 0.6 is 0 Å². The second-order valence-corrected chi connectivity index (χ2v) is 12.3. The molecule has 1 N–H and O–H groups in total. The Labute approximate surface area is 226 Å². The Morgan fingerprint density at radius 3 is 2.21 bits per heavy atom. The lowest BCUT2D eigenvalue weighted by atomic mass is 9.73. The largest absolute Gasteiger partial charge is 0.481 e. The summed E-state index contributed by atoms with van der Waals surface area (Å²) in [4.78, 5) is 32.1. The van der Waals surface area contributed by atoms with Crippen molar-refractivity contribution in [2.45, 2.75) is 91.7 Å². The number of rotatable bonds is 7. The van der Waals surface area contributed by atoms with Crippen molar-refractivity contribution in [1.29, 1.82) is 0 Å². The minimum atomic E-state index is -1.14. The number of nitrogens with zero attached hydrogens (tertiary/aromatic N) is 2. The number of ether oxygens (including phenoxy) is 3. The van der Waals surface area contributed by atoms with E-state index in [1.165, 1.54) is 4.90 Å². The zero-order valence-corrected chi connectivity index (χ0v) is 24.0. The van der Waals surface area contributed by atoms with Crippen LogP contribution in [0, 0.1) is 11.3 Å². The molecule has 2 heterocycles. The number of hydrogen-bond donors (Lipinski definition) is 1. The lowest BCUT2D eigenvalue weighted by Crippen LogP contribution is -2.47. The highest BCUT2D eigenvalue weighted by molar-refractivity contribution is 5.82. The molecule has 0 unspecified atom stereocenters. The van der Waals surface area contributed by atoms with Crippen LogP contribution in [-0.2, 0) is 26.3 Å². The van der Waals surface area contributed by atoms with Gasteiger partial charge in [-0.3, -0.25) is 4.90 Å². The van der Waals surface area contributed by atoms with Crippen LogP contribution in [0.5, 0.6) is 5.88 Å². The van der Waals surface area contributed by atoms with Crippen molar-refractivity contribution in [2.24, 2.45) is 11.3 Å². The minimum absolute atomic E-state index is 0.131. The highest BCUT2D eigenvalue weighted by Gasteiger charge is 2.59. The van der Waals surface area contributed by atoms with Crippen LogP contribution in [0.15, 0.2) is 42.6 Å². The molecule has 1 aliphatic rings. The maximum Gasteiger partial charge on any atom is 0.411 e. The van der Waals surface area contributed by atoms with E-state index in [-0.39, 0.29) is 12.0 Å². The summed E-state index contributed by atoms with van der Waals surface area (Å²) in [5.41, 5.74) is 1.93. The van der Waals surface area contributed by atoms with Gasteiger partial charge in [0.2, 0.25) is 5.88 Å². The van der Waals surface area contributed by atoms with Gasteiger partial charge < -0.3 is 19.3 Å². The van der Waals surface area contributed by atoms with Gasteiger partial charge in [-0.25, -0.2) is 14.6 Å². The number of carbonyl (C=O) groups is 2. The van der Waals surface area contributed by atoms with Crippen molar-refractivity contribution >= 4 is 12.1 Å². The molecule has 208 valence electrons. The van der Waals surface area contributed by atoms with Crippen LogP contribution in [0.25, 0.3) is 0 Å². The number of amides is 1. The summed E-state index contributed by atoms with van der Waals surface area (Å²) in [7, 11) is 1.56. The third-order valence-corrected chi connectivity index (χ3v) is 6.96. The average molecular weight is 527 g/mol. The third-order valence-electron chi connectivity index (χ3n) is 6.96. The highest BCUT2D eigenvalue weighted by atomic mass is 16.6. The smallest absolute Gasteiger partial charge is 0.411 e. The third kappa shape index (κ3) is 6.29. The Morgan fingerprint density at radius 2 is 1.71 bits per heavy atom. The van der Waals surface area contributed by atoms with Gasteiger partial charge in [0.25, 0.3) is 0 Å². The molecular formula is C30H42N2O6. The van der Waals surface area contributed by atoms with Crippen LogP contribution in [0.3, 0.4) is 0 Å². The van der Waals surface area contributed by atoms with Crippen LogP contribution in [-0.4, -0.2) is 52.4 Å².